The van der Waals surface area contributed by atoms with Crippen LogP contribution >= 0.6 is 0 Å². The molecule has 0 unspecified atom stereocenters. The minimum absolute atomic E-state index is 0.0905. The molecule has 1 aliphatic carbocycles. The first-order valence-corrected chi connectivity index (χ1v) is 4.16. The Balaban J connectivity index is 2.43. The van der Waals surface area contributed by atoms with E-state index in [2.05, 4.69) is 6.58 Å². The van der Waals surface area contributed by atoms with Gasteiger partial charge in [0.05, 0.1) is 11.8 Å². The molecule has 0 aromatic heterocycles. The second kappa shape index (κ2) is 3.60. The number of carboxylic acids is 1. The lowest BCUT2D eigenvalue weighted by Crippen LogP contribution is -2.29. The summed E-state index contributed by atoms with van der Waals surface area (Å²) >= 11 is 0. The number of hydrogen-bond donors (Lipinski definition) is 1. The highest BCUT2D eigenvalue weighted by atomic mass is 16.4. The molecule has 0 radical (unpaired) electrons. The zero-order valence-corrected chi connectivity index (χ0v) is 7.56. The molecule has 4 nitrogen and oxygen atoms in total. The largest absolute Gasteiger partial charge is 0.481 e. The van der Waals surface area contributed by atoms with Crippen molar-refractivity contribution >= 4 is 11.9 Å². The Hall–Kier alpha value is -1.32. The van der Waals surface area contributed by atoms with Gasteiger partial charge in [-0.05, 0) is 6.42 Å². The second-order valence-electron chi connectivity index (χ2n) is 3.29. The summed E-state index contributed by atoms with van der Waals surface area (Å²) in [6.07, 6.45) is 2.10. The van der Waals surface area contributed by atoms with Crippen LogP contribution in [-0.4, -0.2) is 35.5 Å². The number of nitrogens with zero attached hydrogens (tertiary/aromatic N) is 1. The number of amides is 1. The summed E-state index contributed by atoms with van der Waals surface area (Å²) in [5.41, 5.74) is 0. The van der Waals surface area contributed by atoms with Crippen molar-refractivity contribution in [3.05, 3.63) is 12.7 Å². The van der Waals surface area contributed by atoms with Crippen molar-refractivity contribution in [3.63, 3.8) is 0 Å². The van der Waals surface area contributed by atoms with Gasteiger partial charge < -0.3 is 10.0 Å². The quantitative estimate of drug-likeness (QED) is 0.640. The van der Waals surface area contributed by atoms with E-state index in [0.29, 0.717) is 13.0 Å². The Bertz CT molecular complexity index is 249. The summed E-state index contributed by atoms with van der Waals surface area (Å²) in [6, 6.07) is 0. The topological polar surface area (TPSA) is 57.6 Å². The second-order valence-corrected chi connectivity index (χ2v) is 3.29. The van der Waals surface area contributed by atoms with Gasteiger partial charge in [0, 0.05) is 13.6 Å². The molecule has 2 atom stereocenters. The van der Waals surface area contributed by atoms with E-state index in [4.69, 9.17) is 5.11 Å². The van der Waals surface area contributed by atoms with Crippen molar-refractivity contribution < 1.29 is 14.7 Å². The highest BCUT2D eigenvalue weighted by Gasteiger charge is 2.49. The van der Waals surface area contributed by atoms with Gasteiger partial charge in [0.1, 0.15) is 0 Å². The zero-order valence-electron chi connectivity index (χ0n) is 7.56. The molecule has 1 saturated carbocycles. The molecule has 1 amide bonds. The Kier molecular flexibility index (Phi) is 2.70. The van der Waals surface area contributed by atoms with Crippen molar-refractivity contribution in [2.24, 2.45) is 11.8 Å². The van der Waals surface area contributed by atoms with E-state index in [0.717, 1.165) is 0 Å². The van der Waals surface area contributed by atoms with Gasteiger partial charge in [0.2, 0.25) is 5.91 Å². The summed E-state index contributed by atoms with van der Waals surface area (Å²) < 4.78 is 0. The summed E-state index contributed by atoms with van der Waals surface area (Å²) in [7, 11) is 1.65. The van der Waals surface area contributed by atoms with Crippen LogP contribution in [0.4, 0.5) is 0 Å². The molecular weight excluding hydrogens is 170 g/mol. The van der Waals surface area contributed by atoms with Crippen molar-refractivity contribution in [2.45, 2.75) is 6.42 Å². The first-order chi connectivity index (χ1) is 6.07. The van der Waals surface area contributed by atoms with Crippen LogP contribution in [0.3, 0.4) is 0 Å². The molecule has 0 saturated heterocycles. The van der Waals surface area contributed by atoms with E-state index in [1.807, 2.05) is 0 Å². The number of carbonyl (C=O) groups is 2. The molecule has 0 spiro atoms. The molecule has 0 heterocycles. The normalized spacial score (nSPS) is 25.0. The van der Waals surface area contributed by atoms with E-state index in [9.17, 15) is 9.59 Å². The fraction of sp³-hybridized carbons (Fsp3) is 0.556. The average molecular weight is 183 g/mol. The number of hydrogen-bond acceptors (Lipinski definition) is 2. The predicted octanol–water partition coefficient (Wildman–Crippen LogP) is 0.352. The molecule has 0 aromatic rings. The van der Waals surface area contributed by atoms with Crippen LogP contribution in [0.25, 0.3) is 0 Å². The standard InChI is InChI=1S/C9H13NO3/c1-3-4-10(2)8(11)6-5-7(6)9(12)13/h3,6-7H,1,4-5H2,2H3,(H,12,13)/t6-,7+/m1/s1. The first-order valence-electron chi connectivity index (χ1n) is 4.16. The van der Waals surface area contributed by atoms with Crippen LogP contribution in [0.1, 0.15) is 6.42 Å². The van der Waals surface area contributed by atoms with E-state index in [1.165, 1.54) is 4.90 Å². The van der Waals surface area contributed by atoms with E-state index >= 15 is 0 Å². The van der Waals surface area contributed by atoms with Gasteiger partial charge in [0.15, 0.2) is 0 Å². The Morgan fingerprint density at radius 3 is 2.62 bits per heavy atom. The van der Waals surface area contributed by atoms with E-state index < -0.39 is 11.9 Å². The lowest BCUT2D eigenvalue weighted by molar-refractivity contribution is -0.141. The monoisotopic (exact) mass is 183 g/mol. The minimum atomic E-state index is -0.870. The van der Waals surface area contributed by atoms with Gasteiger partial charge in [-0.2, -0.15) is 0 Å². The van der Waals surface area contributed by atoms with Crippen LogP contribution in [0.5, 0.6) is 0 Å². The van der Waals surface area contributed by atoms with Crippen molar-refractivity contribution in [1.29, 1.82) is 0 Å². The fourth-order valence-corrected chi connectivity index (χ4v) is 1.31. The number of carboxylic acid groups (broad SMARTS) is 1. The van der Waals surface area contributed by atoms with Crippen LogP contribution in [0.2, 0.25) is 0 Å². The van der Waals surface area contributed by atoms with Crippen LogP contribution in [0, 0.1) is 11.8 Å². The van der Waals surface area contributed by atoms with Crippen molar-refractivity contribution in [3.8, 4) is 0 Å². The molecule has 4 heteroatoms. The third kappa shape index (κ3) is 2.08. The summed E-state index contributed by atoms with van der Waals surface area (Å²) in [4.78, 5) is 23.4. The lowest BCUT2D eigenvalue weighted by Gasteiger charge is -2.13. The number of aliphatic carboxylic acids is 1. The highest BCUT2D eigenvalue weighted by Crippen LogP contribution is 2.39. The molecule has 0 aliphatic heterocycles. The molecular formula is C9H13NO3. The van der Waals surface area contributed by atoms with Crippen LogP contribution < -0.4 is 0 Å². The van der Waals surface area contributed by atoms with Gasteiger partial charge in [-0.15, -0.1) is 6.58 Å². The molecule has 1 aliphatic rings. The molecule has 1 fully saturated rings. The molecule has 0 bridgehead atoms. The van der Waals surface area contributed by atoms with Gasteiger partial charge >= 0.3 is 5.97 Å². The highest BCUT2D eigenvalue weighted by molar-refractivity contribution is 5.89. The average Bonchev–Trinajstić information content (AvgIpc) is 2.82. The maximum Gasteiger partial charge on any atom is 0.307 e. The number of rotatable bonds is 4. The van der Waals surface area contributed by atoms with Gasteiger partial charge in [0.25, 0.3) is 0 Å². The number of carbonyl (C=O) groups excluding carboxylic acids is 1. The van der Waals surface area contributed by atoms with Crippen molar-refractivity contribution in [2.75, 3.05) is 13.6 Å². The number of likely N-dealkylation sites (N-methyl/N-ethyl adjacent to an activating group) is 1. The first kappa shape index (κ1) is 9.77. The predicted molar refractivity (Wildman–Crippen MR) is 47.1 cm³/mol. The molecule has 13 heavy (non-hydrogen) atoms. The van der Waals surface area contributed by atoms with Crippen LogP contribution in [0.15, 0.2) is 12.7 Å². The van der Waals surface area contributed by atoms with E-state index in [-0.39, 0.29) is 11.8 Å². The SMILES string of the molecule is C=CCN(C)C(=O)[C@@H]1C[C@@H]1C(=O)O. The van der Waals surface area contributed by atoms with Gasteiger partial charge in [-0.25, -0.2) is 0 Å². The Morgan fingerprint density at radius 1 is 1.62 bits per heavy atom. The maximum absolute atomic E-state index is 11.4. The van der Waals surface area contributed by atoms with Crippen molar-refractivity contribution in [1.82, 2.24) is 4.90 Å². The molecule has 0 aromatic carbocycles. The lowest BCUT2D eigenvalue weighted by atomic mass is 10.3. The third-order valence-corrected chi connectivity index (χ3v) is 2.20. The van der Waals surface area contributed by atoms with E-state index in [1.54, 1.807) is 13.1 Å². The molecule has 1 N–H and O–H groups in total. The summed E-state index contributed by atoms with van der Waals surface area (Å²) in [6.45, 7) is 3.98. The molecule has 72 valence electrons. The van der Waals surface area contributed by atoms with Crippen LogP contribution in [-0.2, 0) is 9.59 Å². The summed E-state index contributed by atoms with van der Waals surface area (Å²) in [5, 5.41) is 8.59. The van der Waals surface area contributed by atoms with Gasteiger partial charge in [-0.3, -0.25) is 9.59 Å². The summed E-state index contributed by atoms with van der Waals surface area (Å²) in [5.74, 6) is -1.72. The minimum Gasteiger partial charge on any atom is -0.481 e. The Morgan fingerprint density at radius 2 is 2.23 bits per heavy atom. The maximum atomic E-state index is 11.4. The third-order valence-electron chi connectivity index (χ3n) is 2.20. The van der Waals surface area contributed by atoms with Gasteiger partial charge in [-0.1, -0.05) is 6.08 Å². The zero-order chi connectivity index (χ0) is 10.0. The smallest absolute Gasteiger partial charge is 0.307 e. The Labute approximate surface area is 76.8 Å². The molecule has 1 rings (SSSR count). The fourth-order valence-electron chi connectivity index (χ4n) is 1.31.